The number of carbonyl (C=O) groups excluding carboxylic acids is 1. The second-order valence-electron chi connectivity index (χ2n) is 7.11. The van der Waals surface area contributed by atoms with Crippen LogP contribution in [0.1, 0.15) is 30.6 Å². The van der Waals surface area contributed by atoms with E-state index in [1.807, 2.05) is 11.3 Å². The molecule has 1 aromatic rings. The van der Waals surface area contributed by atoms with Gasteiger partial charge in [0.25, 0.3) is 0 Å². The van der Waals surface area contributed by atoms with Crippen molar-refractivity contribution in [2.24, 2.45) is 17.1 Å². The molecule has 1 amide bonds. The van der Waals surface area contributed by atoms with Crippen molar-refractivity contribution in [2.75, 3.05) is 39.4 Å². The Morgan fingerprint density at radius 3 is 2.75 bits per heavy atom. The second-order valence-corrected chi connectivity index (χ2v) is 8.14. The number of carbonyl (C=O) groups is 1. The number of hydrogen-bond acceptors (Lipinski definition) is 5. The summed E-state index contributed by atoms with van der Waals surface area (Å²) in [5.74, 6) is 0.720. The molecule has 0 atom stereocenters. The first-order valence-electron chi connectivity index (χ1n) is 9.03. The Kier molecular flexibility index (Phi) is 6.27. The van der Waals surface area contributed by atoms with E-state index in [9.17, 15) is 4.79 Å². The maximum atomic E-state index is 12.6. The minimum Gasteiger partial charge on any atom is -0.381 e. The molecule has 5 nitrogen and oxygen atoms in total. The third-order valence-electron chi connectivity index (χ3n) is 5.54. The summed E-state index contributed by atoms with van der Waals surface area (Å²) in [5.41, 5.74) is 5.50. The van der Waals surface area contributed by atoms with Gasteiger partial charge in [-0.15, -0.1) is 11.3 Å². The number of nitrogens with zero attached hydrogens (tertiary/aromatic N) is 1. The van der Waals surface area contributed by atoms with Gasteiger partial charge in [-0.3, -0.25) is 9.69 Å². The van der Waals surface area contributed by atoms with Crippen molar-refractivity contribution in [3.05, 3.63) is 22.4 Å². The van der Waals surface area contributed by atoms with Gasteiger partial charge in [-0.1, -0.05) is 6.07 Å². The van der Waals surface area contributed by atoms with Gasteiger partial charge >= 0.3 is 0 Å². The van der Waals surface area contributed by atoms with Gasteiger partial charge in [-0.2, -0.15) is 0 Å². The summed E-state index contributed by atoms with van der Waals surface area (Å²) in [5, 5.41) is 5.32. The number of nitrogens with two attached hydrogens (primary N) is 1. The van der Waals surface area contributed by atoms with E-state index in [1.54, 1.807) is 0 Å². The van der Waals surface area contributed by atoms with Gasteiger partial charge in [0.2, 0.25) is 5.91 Å². The van der Waals surface area contributed by atoms with Crippen LogP contribution in [0.5, 0.6) is 0 Å². The fourth-order valence-corrected chi connectivity index (χ4v) is 4.43. The lowest BCUT2D eigenvalue weighted by atomic mass is 9.79. The Labute approximate surface area is 148 Å². The highest BCUT2D eigenvalue weighted by atomic mass is 32.1. The predicted octanol–water partition coefficient (Wildman–Crippen LogP) is 1.83. The van der Waals surface area contributed by atoms with E-state index in [0.717, 1.165) is 51.9 Å². The van der Waals surface area contributed by atoms with E-state index < -0.39 is 5.41 Å². The Morgan fingerprint density at radius 2 is 2.12 bits per heavy atom. The average molecular weight is 352 g/mol. The maximum Gasteiger partial charge on any atom is 0.227 e. The monoisotopic (exact) mass is 351 g/mol. The zero-order valence-corrected chi connectivity index (χ0v) is 15.2. The van der Waals surface area contributed by atoms with Crippen molar-refractivity contribution < 1.29 is 9.53 Å². The highest BCUT2D eigenvalue weighted by Crippen LogP contribution is 2.29. The molecule has 0 saturated carbocycles. The number of amides is 1. The SMILES string of the molecule is NCC1(C(=O)NCC2CCN(Cc3cccs3)CC2)CCOCC1. The molecule has 0 aromatic carbocycles. The van der Waals surface area contributed by atoms with Gasteiger partial charge < -0.3 is 15.8 Å². The lowest BCUT2D eigenvalue weighted by Gasteiger charge is -2.36. The second kappa shape index (κ2) is 8.43. The van der Waals surface area contributed by atoms with Crippen LogP contribution in [0, 0.1) is 11.3 Å². The van der Waals surface area contributed by atoms with Crippen molar-refractivity contribution in [1.29, 1.82) is 0 Å². The normalized spacial score (nSPS) is 22.4. The summed E-state index contributed by atoms with van der Waals surface area (Å²) in [6.45, 7) is 5.79. The van der Waals surface area contributed by atoms with Crippen LogP contribution >= 0.6 is 11.3 Å². The third-order valence-corrected chi connectivity index (χ3v) is 6.40. The summed E-state index contributed by atoms with van der Waals surface area (Å²) >= 11 is 1.83. The maximum absolute atomic E-state index is 12.6. The fourth-order valence-electron chi connectivity index (χ4n) is 3.68. The molecular formula is C18H29N3O2S. The van der Waals surface area contributed by atoms with E-state index in [0.29, 0.717) is 25.7 Å². The van der Waals surface area contributed by atoms with Crippen LogP contribution in [0.3, 0.4) is 0 Å². The van der Waals surface area contributed by atoms with Crippen LogP contribution in [-0.4, -0.2) is 50.2 Å². The van der Waals surface area contributed by atoms with E-state index >= 15 is 0 Å². The summed E-state index contributed by atoms with van der Waals surface area (Å²) in [7, 11) is 0. The first kappa shape index (κ1) is 17.9. The third kappa shape index (κ3) is 4.36. The Hall–Kier alpha value is -0.950. The molecule has 3 N–H and O–H groups in total. The predicted molar refractivity (Wildman–Crippen MR) is 96.9 cm³/mol. The Bertz CT molecular complexity index is 506. The van der Waals surface area contributed by atoms with Gasteiger partial charge in [0, 0.05) is 37.7 Å². The number of piperidine rings is 1. The van der Waals surface area contributed by atoms with Crippen molar-refractivity contribution in [3.8, 4) is 0 Å². The first-order valence-corrected chi connectivity index (χ1v) is 9.91. The topological polar surface area (TPSA) is 67.6 Å². The molecule has 24 heavy (non-hydrogen) atoms. The highest BCUT2D eigenvalue weighted by molar-refractivity contribution is 7.09. The van der Waals surface area contributed by atoms with E-state index in [-0.39, 0.29) is 5.91 Å². The molecule has 0 unspecified atom stereocenters. The van der Waals surface area contributed by atoms with Gasteiger partial charge in [-0.25, -0.2) is 0 Å². The molecular weight excluding hydrogens is 322 g/mol. The van der Waals surface area contributed by atoms with Gasteiger partial charge in [0.1, 0.15) is 0 Å². The quantitative estimate of drug-likeness (QED) is 0.820. The minimum atomic E-state index is -0.405. The molecule has 0 spiro atoms. The standard InChI is InChI=1S/C18H29N3O2S/c19-14-18(5-9-23-10-6-18)17(22)20-12-15-3-7-21(8-4-15)13-16-2-1-11-24-16/h1-2,11,15H,3-10,12-14,19H2,(H,20,22). The highest BCUT2D eigenvalue weighted by Gasteiger charge is 2.38. The molecule has 0 aliphatic carbocycles. The fraction of sp³-hybridized carbons (Fsp3) is 0.722. The van der Waals surface area contributed by atoms with Crippen LogP contribution in [-0.2, 0) is 16.1 Å². The van der Waals surface area contributed by atoms with Gasteiger partial charge in [0.15, 0.2) is 0 Å². The molecule has 2 fully saturated rings. The number of likely N-dealkylation sites (tertiary alicyclic amines) is 1. The Morgan fingerprint density at radius 1 is 1.38 bits per heavy atom. The molecule has 2 aliphatic rings. The van der Waals surface area contributed by atoms with Crippen molar-refractivity contribution in [1.82, 2.24) is 10.2 Å². The molecule has 0 radical (unpaired) electrons. The molecule has 0 bridgehead atoms. The molecule has 2 aliphatic heterocycles. The van der Waals surface area contributed by atoms with Crippen molar-refractivity contribution in [2.45, 2.75) is 32.2 Å². The molecule has 6 heteroatoms. The number of rotatable bonds is 6. The zero-order chi connectivity index (χ0) is 16.8. The lowest BCUT2D eigenvalue weighted by molar-refractivity contribution is -0.136. The molecule has 1 aromatic heterocycles. The zero-order valence-electron chi connectivity index (χ0n) is 14.3. The van der Waals surface area contributed by atoms with Crippen molar-refractivity contribution in [3.63, 3.8) is 0 Å². The summed E-state index contributed by atoms with van der Waals surface area (Å²) in [4.78, 5) is 16.6. The molecule has 134 valence electrons. The summed E-state index contributed by atoms with van der Waals surface area (Å²) in [6, 6.07) is 4.32. The summed E-state index contributed by atoms with van der Waals surface area (Å²) < 4.78 is 5.39. The van der Waals surface area contributed by atoms with E-state index in [1.165, 1.54) is 4.88 Å². The first-order chi connectivity index (χ1) is 11.7. The molecule has 3 heterocycles. The Balaban J connectivity index is 1.40. The van der Waals surface area contributed by atoms with E-state index in [2.05, 4.69) is 27.7 Å². The molecule has 3 rings (SSSR count). The van der Waals surface area contributed by atoms with Crippen LogP contribution in [0.25, 0.3) is 0 Å². The smallest absolute Gasteiger partial charge is 0.227 e. The van der Waals surface area contributed by atoms with Gasteiger partial charge in [0.05, 0.1) is 5.41 Å². The number of nitrogens with one attached hydrogen (secondary N) is 1. The number of thiophene rings is 1. The van der Waals surface area contributed by atoms with Crippen molar-refractivity contribution >= 4 is 17.2 Å². The number of ether oxygens (including phenoxy) is 1. The van der Waals surface area contributed by atoms with Crippen LogP contribution < -0.4 is 11.1 Å². The van der Waals surface area contributed by atoms with E-state index in [4.69, 9.17) is 10.5 Å². The van der Waals surface area contributed by atoms with Crippen LogP contribution in [0.15, 0.2) is 17.5 Å². The van der Waals surface area contributed by atoms with Crippen LogP contribution in [0.4, 0.5) is 0 Å². The lowest BCUT2D eigenvalue weighted by Crippen LogP contribution is -2.50. The number of hydrogen-bond donors (Lipinski definition) is 2. The molecule has 2 saturated heterocycles. The minimum absolute atomic E-state index is 0.134. The average Bonchev–Trinajstić information content (AvgIpc) is 3.14. The van der Waals surface area contributed by atoms with Crippen LogP contribution in [0.2, 0.25) is 0 Å². The summed E-state index contributed by atoms with van der Waals surface area (Å²) in [6.07, 6.45) is 3.80. The largest absolute Gasteiger partial charge is 0.381 e. The van der Waals surface area contributed by atoms with Gasteiger partial charge in [-0.05, 0) is 56.1 Å².